The quantitative estimate of drug-likeness (QED) is 0.512. The van der Waals surface area contributed by atoms with Crippen molar-refractivity contribution in [1.82, 2.24) is 25.4 Å². The molecule has 0 spiro atoms. The molecule has 0 bridgehead atoms. The van der Waals surface area contributed by atoms with Crippen LogP contribution in [0.3, 0.4) is 0 Å². The van der Waals surface area contributed by atoms with Crippen molar-refractivity contribution in [2.45, 2.75) is 38.5 Å². The normalized spacial score (nSPS) is 19.8. The van der Waals surface area contributed by atoms with E-state index in [1.54, 1.807) is 48.4 Å². The Kier molecular flexibility index (Phi) is 6.42. The van der Waals surface area contributed by atoms with Crippen molar-refractivity contribution in [2.24, 2.45) is 10.9 Å². The number of nitrogens with zero attached hydrogens (tertiary/aromatic N) is 4. The largest absolute Gasteiger partial charge is 0.456 e. The van der Waals surface area contributed by atoms with E-state index >= 15 is 0 Å². The molecule has 37 heavy (non-hydrogen) atoms. The van der Waals surface area contributed by atoms with Gasteiger partial charge >= 0.3 is 0 Å². The fraction of sp³-hybridized carbons (Fsp3) is 0.370. The minimum Gasteiger partial charge on any atom is -0.456 e. The monoisotopic (exact) mass is 516 g/mol. The topological polar surface area (TPSA) is 113 Å². The number of aliphatic imine (C=N–C) groups is 1. The summed E-state index contributed by atoms with van der Waals surface area (Å²) >= 11 is 1.65. The number of likely N-dealkylation sites (tertiary alicyclic amines) is 1. The highest BCUT2D eigenvalue weighted by Crippen LogP contribution is 2.38. The van der Waals surface area contributed by atoms with Gasteiger partial charge in [-0.05, 0) is 62.9 Å². The van der Waals surface area contributed by atoms with Gasteiger partial charge in [0.1, 0.15) is 17.3 Å². The van der Waals surface area contributed by atoms with Crippen LogP contribution in [0.1, 0.15) is 54.6 Å². The lowest BCUT2D eigenvalue weighted by Gasteiger charge is -2.32. The van der Waals surface area contributed by atoms with Crippen molar-refractivity contribution in [2.75, 3.05) is 18.8 Å². The molecule has 2 aliphatic heterocycles. The van der Waals surface area contributed by atoms with E-state index in [1.807, 2.05) is 17.9 Å². The number of hydrogen-bond donors (Lipinski definition) is 2. The van der Waals surface area contributed by atoms with Crippen LogP contribution in [0.2, 0.25) is 0 Å². The van der Waals surface area contributed by atoms with E-state index in [-0.39, 0.29) is 23.7 Å². The van der Waals surface area contributed by atoms with Crippen LogP contribution >= 0.6 is 11.8 Å². The van der Waals surface area contributed by atoms with Gasteiger partial charge in [0.2, 0.25) is 5.91 Å². The Bertz CT molecular complexity index is 1410. The minimum absolute atomic E-state index is 0.151. The molecule has 1 unspecified atom stereocenters. The van der Waals surface area contributed by atoms with Gasteiger partial charge in [0.15, 0.2) is 5.65 Å². The van der Waals surface area contributed by atoms with Gasteiger partial charge in [0.05, 0.1) is 16.8 Å². The Balaban J connectivity index is 1.19. The molecule has 10 heteroatoms. The van der Waals surface area contributed by atoms with E-state index in [4.69, 9.17) is 4.74 Å². The second kappa shape index (κ2) is 10.0. The standard InChI is InChI=1S/C27H28N6O3S/c1-16-13-29-22(15-37-16)30-26(34)17-6-8-20(9-7-17)36-21-10-11-28-25-23(21)24(31-32-25)19-3-2-12-33(14-19)27(35)18-4-5-18/h6-11,13,18-19H,2-5,12,14-15H2,1H3,(H,28,31,32)(H,29,30,34). The molecule has 1 aromatic carbocycles. The van der Waals surface area contributed by atoms with Crippen LogP contribution < -0.4 is 10.1 Å². The molecular weight excluding hydrogens is 488 g/mol. The highest BCUT2D eigenvalue weighted by Gasteiger charge is 2.36. The van der Waals surface area contributed by atoms with Crippen molar-refractivity contribution >= 4 is 40.4 Å². The summed E-state index contributed by atoms with van der Waals surface area (Å²) in [4.78, 5) is 37.1. The van der Waals surface area contributed by atoms with Crippen molar-refractivity contribution in [1.29, 1.82) is 0 Å². The first kappa shape index (κ1) is 23.7. The average molecular weight is 517 g/mol. The number of H-pyrrole nitrogens is 1. The molecule has 3 aliphatic rings. The number of allylic oxidation sites excluding steroid dienone is 1. The molecule has 6 rings (SSSR count). The first-order valence-electron chi connectivity index (χ1n) is 12.6. The lowest BCUT2D eigenvalue weighted by molar-refractivity contribution is -0.133. The smallest absolute Gasteiger partial charge is 0.256 e. The van der Waals surface area contributed by atoms with Crippen molar-refractivity contribution in [3.8, 4) is 11.5 Å². The van der Waals surface area contributed by atoms with Crippen LogP contribution in [-0.2, 0) is 4.79 Å². The number of thioether (sulfide) groups is 1. The lowest BCUT2D eigenvalue weighted by atomic mass is 9.92. The highest BCUT2D eigenvalue weighted by molar-refractivity contribution is 8.03. The number of piperidine rings is 1. The molecule has 0 radical (unpaired) electrons. The number of nitrogens with one attached hydrogen (secondary N) is 2. The summed E-state index contributed by atoms with van der Waals surface area (Å²) in [6, 6.07) is 8.85. The summed E-state index contributed by atoms with van der Waals surface area (Å²) in [5.74, 6) is 3.00. The number of fused-ring (bicyclic) bond motifs is 1. The van der Waals surface area contributed by atoms with E-state index < -0.39 is 0 Å². The SMILES string of the molecule is CC1=CN=C(NC(=O)c2ccc(Oc3ccnc4n[nH]c(C5CCCN(C(=O)C6CC6)C5)c34)cc2)CS1. The molecule has 2 aromatic heterocycles. The Morgan fingerprint density at radius 3 is 2.76 bits per heavy atom. The summed E-state index contributed by atoms with van der Waals surface area (Å²) in [7, 11) is 0. The van der Waals surface area contributed by atoms with Crippen LogP contribution in [-0.4, -0.2) is 56.6 Å². The Labute approximate surface area is 218 Å². The molecule has 3 aromatic rings. The zero-order valence-electron chi connectivity index (χ0n) is 20.6. The van der Waals surface area contributed by atoms with E-state index in [2.05, 4.69) is 25.5 Å². The number of ether oxygens (including phenoxy) is 1. The van der Waals surface area contributed by atoms with Gasteiger partial charge in [-0.15, -0.1) is 11.8 Å². The maximum Gasteiger partial charge on any atom is 0.256 e. The van der Waals surface area contributed by atoms with E-state index in [9.17, 15) is 9.59 Å². The molecule has 190 valence electrons. The molecule has 1 aliphatic carbocycles. The van der Waals surface area contributed by atoms with E-state index in [0.29, 0.717) is 40.8 Å². The highest BCUT2D eigenvalue weighted by atomic mass is 32.2. The predicted octanol–water partition coefficient (Wildman–Crippen LogP) is 4.60. The lowest BCUT2D eigenvalue weighted by Crippen LogP contribution is -2.40. The van der Waals surface area contributed by atoms with E-state index in [0.717, 1.165) is 48.2 Å². The van der Waals surface area contributed by atoms with E-state index in [1.165, 1.54) is 0 Å². The third kappa shape index (κ3) is 5.11. The third-order valence-corrected chi connectivity index (χ3v) is 7.93. The first-order valence-corrected chi connectivity index (χ1v) is 13.6. The number of carbonyl (C=O) groups excluding carboxylic acids is 2. The number of aromatic nitrogens is 3. The second-order valence-corrected chi connectivity index (χ2v) is 10.9. The minimum atomic E-state index is -0.204. The van der Waals surface area contributed by atoms with Gasteiger partial charge < -0.3 is 15.0 Å². The van der Waals surface area contributed by atoms with Gasteiger partial charge in [-0.2, -0.15) is 5.10 Å². The number of amides is 2. The fourth-order valence-corrected chi connectivity index (χ4v) is 5.46. The van der Waals surface area contributed by atoms with Crippen LogP contribution in [0.4, 0.5) is 0 Å². The summed E-state index contributed by atoms with van der Waals surface area (Å²) in [6.45, 7) is 3.50. The van der Waals surface area contributed by atoms with Gasteiger partial charge in [-0.25, -0.2) is 9.98 Å². The van der Waals surface area contributed by atoms with Gasteiger partial charge in [-0.1, -0.05) is 0 Å². The molecule has 1 saturated heterocycles. The predicted molar refractivity (Wildman–Crippen MR) is 143 cm³/mol. The summed E-state index contributed by atoms with van der Waals surface area (Å²) in [5.41, 5.74) is 2.07. The molecule has 2 N–H and O–H groups in total. The van der Waals surface area contributed by atoms with Crippen molar-refractivity contribution in [3.05, 3.63) is 58.9 Å². The zero-order chi connectivity index (χ0) is 25.4. The third-order valence-electron chi connectivity index (χ3n) is 6.95. The van der Waals surface area contributed by atoms with Crippen LogP contribution in [0.5, 0.6) is 11.5 Å². The summed E-state index contributed by atoms with van der Waals surface area (Å²) in [5, 5.41) is 11.3. The molecule has 2 fully saturated rings. The Morgan fingerprint density at radius 1 is 1.16 bits per heavy atom. The molecule has 1 atom stereocenters. The number of hydrogen-bond acceptors (Lipinski definition) is 7. The second-order valence-electron chi connectivity index (χ2n) is 9.73. The van der Waals surface area contributed by atoms with Gasteiger partial charge in [-0.3, -0.25) is 14.7 Å². The Hall–Kier alpha value is -3.66. The molecular formula is C27H28N6O3S. The maximum atomic E-state index is 12.7. The molecule has 2 amide bonds. The molecule has 4 heterocycles. The van der Waals surface area contributed by atoms with Crippen LogP contribution in [0.15, 0.2) is 52.6 Å². The van der Waals surface area contributed by atoms with Crippen LogP contribution in [0, 0.1) is 5.92 Å². The molecule has 1 saturated carbocycles. The maximum absolute atomic E-state index is 12.7. The molecule has 9 nitrogen and oxygen atoms in total. The average Bonchev–Trinajstić information content (AvgIpc) is 3.68. The summed E-state index contributed by atoms with van der Waals surface area (Å²) < 4.78 is 6.25. The number of pyridine rings is 1. The number of carbonyl (C=O) groups is 2. The zero-order valence-corrected chi connectivity index (χ0v) is 21.4. The van der Waals surface area contributed by atoms with Gasteiger partial charge in [0.25, 0.3) is 5.91 Å². The first-order chi connectivity index (χ1) is 18.0. The van der Waals surface area contributed by atoms with Crippen LogP contribution in [0.25, 0.3) is 11.0 Å². The Morgan fingerprint density at radius 2 is 2.00 bits per heavy atom. The number of aromatic amines is 1. The fourth-order valence-electron chi connectivity index (χ4n) is 4.82. The number of benzene rings is 1. The van der Waals surface area contributed by atoms with Gasteiger partial charge in [0, 0.05) is 47.8 Å². The summed E-state index contributed by atoms with van der Waals surface area (Å²) in [6.07, 6.45) is 7.40. The number of amidine groups is 1. The number of rotatable bonds is 5. The van der Waals surface area contributed by atoms with Crippen molar-refractivity contribution in [3.63, 3.8) is 0 Å². The van der Waals surface area contributed by atoms with Crippen molar-refractivity contribution < 1.29 is 14.3 Å².